The van der Waals surface area contributed by atoms with Crippen LogP contribution in [-0.4, -0.2) is 25.0 Å². The molecule has 1 atom stereocenters. The number of piperazine rings is 1. The minimum Gasteiger partial charge on any atom is -0.353 e. The van der Waals surface area contributed by atoms with Gasteiger partial charge in [0, 0.05) is 12.6 Å². The molecule has 1 aliphatic carbocycles. The van der Waals surface area contributed by atoms with Crippen LogP contribution in [0.1, 0.15) is 44.9 Å². The lowest BCUT2D eigenvalue weighted by Crippen LogP contribution is -2.51. The summed E-state index contributed by atoms with van der Waals surface area (Å²) in [6.07, 6.45) is 9.73. The van der Waals surface area contributed by atoms with Crippen molar-refractivity contribution in [2.45, 2.75) is 51.0 Å². The third kappa shape index (κ3) is 3.49. The quantitative estimate of drug-likeness (QED) is 0.740. The zero-order valence-electron chi connectivity index (χ0n) is 9.43. The maximum absolute atomic E-state index is 10.9. The Kier molecular flexibility index (Phi) is 4.01. The first-order chi connectivity index (χ1) is 7.34. The van der Waals surface area contributed by atoms with Gasteiger partial charge in [0.15, 0.2) is 0 Å². The summed E-state index contributed by atoms with van der Waals surface area (Å²) in [5, 5.41) is 6.21. The monoisotopic (exact) mass is 210 g/mol. The second-order valence-corrected chi connectivity index (χ2v) is 4.96. The Morgan fingerprint density at radius 3 is 2.60 bits per heavy atom. The molecular weight excluding hydrogens is 188 g/mol. The van der Waals surface area contributed by atoms with Crippen molar-refractivity contribution in [1.29, 1.82) is 0 Å². The third-order valence-electron chi connectivity index (χ3n) is 3.75. The Labute approximate surface area is 92.0 Å². The summed E-state index contributed by atoms with van der Waals surface area (Å²) in [5.74, 6) is 1.10. The smallest absolute Gasteiger partial charge is 0.234 e. The standard InChI is InChI=1S/C12H22N2O/c15-12-9-13-11(8-14-12)7-6-10-4-2-1-3-5-10/h10-11,13H,1-9H2,(H,14,15). The van der Waals surface area contributed by atoms with Gasteiger partial charge in [-0.1, -0.05) is 32.1 Å². The summed E-state index contributed by atoms with van der Waals surface area (Å²) in [6, 6.07) is 0.518. The van der Waals surface area contributed by atoms with Crippen LogP contribution in [0, 0.1) is 5.92 Å². The lowest BCUT2D eigenvalue weighted by Gasteiger charge is -2.27. The van der Waals surface area contributed by atoms with Crippen LogP contribution in [0.5, 0.6) is 0 Å². The summed E-state index contributed by atoms with van der Waals surface area (Å²) >= 11 is 0. The van der Waals surface area contributed by atoms with Crippen molar-refractivity contribution in [2.24, 2.45) is 5.92 Å². The second-order valence-electron chi connectivity index (χ2n) is 4.96. The molecule has 1 aliphatic heterocycles. The second kappa shape index (κ2) is 5.50. The van der Waals surface area contributed by atoms with Gasteiger partial charge >= 0.3 is 0 Å². The Hall–Kier alpha value is -0.570. The van der Waals surface area contributed by atoms with Gasteiger partial charge in [-0.25, -0.2) is 0 Å². The van der Waals surface area contributed by atoms with Crippen molar-refractivity contribution in [1.82, 2.24) is 10.6 Å². The first-order valence-electron chi connectivity index (χ1n) is 6.34. The molecule has 2 aliphatic rings. The van der Waals surface area contributed by atoms with Gasteiger partial charge in [-0.2, -0.15) is 0 Å². The van der Waals surface area contributed by atoms with Gasteiger partial charge in [-0.05, 0) is 18.8 Å². The fourth-order valence-electron chi connectivity index (χ4n) is 2.73. The highest BCUT2D eigenvalue weighted by Gasteiger charge is 2.19. The molecule has 0 aromatic heterocycles. The van der Waals surface area contributed by atoms with Crippen molar-refractivity contribution in [2.75, 3.05) is 13.1 Å². The Balaban J connectivity index is 1.62. The van der Waals surface area contributed by atoms with Crippen molar-refractivity contribution in [3.63, 3.8) is 0 Å². The van der Waals surface area contributed by atoms with E-state index in [-0.39, 0.29) is 5.91 Å². The maximum atomic E-state index is 10.9. The fraction of sp³-hybridized carbons (Fsp3) is 0.917. The SMILES string of the molecule is O=C1CNC(CCC2CCCCC2)CN1. The van der Waals surface area contributed by atoms with Gasteiger partial charge in [0.25, 0.3) is 0 Å². The number of hydrogen-bond donors (Lipinski definition) is 2. The molecule has 1 saturated heterocycles. The largest absolute Gasteiger partial charge is 0.353 e. The van der Waals surface area contributed by atoms with Gasteiger partial charge in [0.05, 0.1) is 6.54 Å². The van der Waals surface area contributed by atoms with E-state index in [9.17, 15) is 4.79 Å². The minimum absolute atomic E-state index is 0.143. The van der Waals surface area contributed by atoms with Crippen LogP contribution in [0.3, 0.4) is 0 Å². The first kappa shape index (κ1) is 10.9. The van der Waals surface area contributed by atoms with Crippen molar-refractivity contribution in [3.05, 3.63) is 0 Å². The number of nitrogens with one attached hydrogen (secondary N) is 2. The third-order valence-corrected chi connectivity index (χ3v) is 3.75. The average Bonchev–Trinajstić information content (AvgIpc) is 2.30. The normalized spacial score (nSPS) is 28.8. The van der Waals surface area contributed by atoms with Crippen molar-refractivity contribution in [3.8, 4) is 0 Å². The molecule has 2 fully saturated rings. The molecule has 0 aromatic rings. The molecule has 2 N–H and O–H groups in total. The Morgan fingerprint density at radius 1 is 1.13 bits per heavy atom. The van der Waals surface area contributed by atoms with Crippen LogP contribution >= 0.6 is 0 Å². The number of carbonyl (C=O) groups is 1. The van der Waals surface area contributed by atoms with Gasteiger partial charge < -0.3 is 10.6 Å². The topological polar surface area (TPSA) is 41.1 Å². The Morgan fingerprint density at radius 2 is 1.93 bits per heavy atom. The predicted octanol–water partition coefficient (Wildman–Crippen LogP) is 1.43. The van der Waals surface area contributed by atoms with Crippen LogP contribution in [0.2, 0.25) is 0 Å². The Bertz CT molecular complexity index is 202. The zero-order chi connectivity index (χ0) is 10.5. The van der Waals surface area contributed by atoms with Gasteiger partial charge in [0.1, 0.15) is 0 Å². The van der Waals surface area contributed by atoms with Gasteiger partial charge in [0.2, 0.25) is 5.91 Å². The minimum atomic E-state index is 0.143. The van der Waals surface area contributed by atoms with E-state index in [2.05, 4.69) is 10.6 Å². The highest BCUT2D eigenvalue weighted by molar-refractivity contribution is 5.78. The van der Waals surface area contributed by atoms with Crippen molar-refractivity contribution >= 4 is 5.91 Å². The van der Waals surface area contributed by atoms with Crippen LogP contribution in [0.25, 0.3) is 0 Å². The summed E-state index contributed by atoms with van der Waals surface area (Å²) in [5.41, 5.74) is 0. The molecule has 0 aromatic carbocycles. The highest BCUT2D eigenvalue weighted by Crippen LogP contribution is 2.27. The van der Waals surface area contributed by atoms with E-state index in [4.69, 9.17) is 0 Å². The van der Waals surface area contributed by atoms with Gasteiger partial charge in [-0.15, -0.1) is 0 Å². The predicted molar refractivity (Wildman–Crippen MR) is 60.6 cm³/mol. The molecule has 15 heavy (non-hydrogen) atoms. The number of amides is 1. The summed E-state index contributed by atoms with van der Waals surface area (Å²) < 4.78 is 0. The molecule has 1 amide bonds. The molecule has 0 spiro atoms. The summed E-state index contributed by atoms with van der Waals surface area (Å²) in [7, 11) is 0. The van der Waals surface area contributed by atoms with Crippen molar-refractivity contribution < 1.29 is 4.79 Å². The number of hydrogen-bond acceptors (Lipinski definition) is 2. The van der Waals surface area contributed by atoms with E-state index in [1.54, 1.807) is 0 Å². The lowest BCUT2D eigenvalue weighted by molar-refractivity contribution is -0.121. The van der Waals surface area contributed by atoms with E-state index in [1.807, 2.05) is 0 Å². The van der Waals surface area contributed by atoms with E-state index >= 15 is 0 Å². The molecular formula is C12H22N2O. The lowest BCUT2D eigenvalue weighted by atomic mass is 9.85. The van der Waals surface area contributed by atoms with E-state index in [0.717, 1.165) is 12.5 Å². The van der Waals surface area contributed by atoms with E-state index in [1.165, 1.54) is 44.9 Å². The number of rotatable bonds is 3. The molecule has 3 heteroatoms. The number of carbonyl (C=O) groups excluding carboxylic acids is 1. The molecule has 0 radical (unpaired) electrons. The van der Waals surface area contributed by atoms with Crippen LogP contribution in [-0.2, 0) is 4.79 Å². The molecule has 3 nitrogen and oxygen atoms in total. The molecule has 1 heterocycles. The van der Waals surface area contributed by atoms with Crippen LogP contribution in [0.15, 0.2) is 0 Å². The zero-order valence-corrected chi connectivity index (χ0v) is 9.43. The average molecular weight is 210 g/mol. The molecule has 86 valence electrons. The summed E-state index contributed by atoms with van der Waals surface area (Å²) in [6.45, 7) is 1.33. The molecule has 2 rings (SSSR count). The molecule has 1 unspecified atom stereocenters. The van der Waals surface area contributed by atoms with E-state index < -0.39 is 0 Å². The van der Waals surface area contributed by atoms with Gasteiger partial charge in [-0.3, -0.25) is 4.79 Å². The van der Waals surface area contributed by atoms with Crippen LogP contribution < -0.4 is 10.6 Å². The molecule has 0 bridgehead atoms. The highest BCUT2D eigenvalue weighted by atomic mass is 16.2. The summed E-state index contributed by atoms with van der Waals surface area (Å²) in [4.78, 5) is 10.9. The molecule has 1 saturated carbocycles. The fourth-order valence-corrected chi connectivity index (χ4v) is 2.73. The maximum Gasteiger partial charge on any atom is 0.234 e. The van der Waals surface area contributed by atoms with E-state index in [0.29, 0.717) is 12.6 Å². The van der Waals surface area contributed by atoms with Crippen LogP contribution in [0.4, 0.5) is 0 Å². The first-order valence-corrected chi connectivity index (χ1v) is 6.34.